The van der Waals surface area contributed by atoms with Crippen molar-refractivity contribution in [2.75, 3.05) is 10.6 Å². The Balaban J connectivity index is 2.31. The Hall–Kier alpha value is -2.10. The first-order valence-electron chi connectivity index (χ1n) is 5.04. The molecule has 1 aromatic rings. The van der Waals surface area contributed by atoms with Gasteiger partial charge in [0.1, 0.15) is 0 Å². The number of benzene rings is 1. The Morgan fingerprint density at radius 3 is 2.44 bits per heavy atom. The van der Waals surface area contributed by atoms with Crippen molar-refractivity contribution in [2.45, 2.75) is 13.0 Å². The van der Waals surface area contributed by atoms with Crippen molar-refractivity contribution in [2.24, 2.45) is 0 Å². The Bertz CT molecular complexity index is 449. The summed E-state index contributed by atoms with van der Waals surface area (Å²) < 4.78 is 0. The van der Waals surface area contributed by atoms with Gasteiger partial charge in [-0.3, -0.25) is 0 Å². The van der Waals surface area contributed by atoms with E-state index < -0.39 is 0 Å². The van der Waals surface area contributed by atoms with Gasteiger partial charge in [0.05, 0.1) is 6.04 Å². The topological polar surface area (TPSA) is 69.7 Å². The van der Waals surface area contributed by atoms with E-state index in [1.165, 1.54) is 6.08 Å². The molecule has 0 amide bonds. The maximum absolute atomic E-state index is 9.64. The molecular formula is C12H14N2O2. The second-order valence-corrected chi connectivity index (χ2v) is 3.76. The Labute approximate surface area is 93.9 Å². The molecule has 0 spiro atoms. The van der Waals surface area contributed by atoms with E-state index in [-0.39, 0.29) is 17.6 Å². The van der Waals surface area contributed by atoms with Crippen molar-refractivity contribution in [1.82, 2.24) is 0 Å². The summed E-state index contributed by atoms with van der Waals surface area (Å²) in [6.07, 6.45) is 3.19. The standard InChI is InChI=1S/C12H14N2O2/c1-8-12(16)11(15)6-7-14(8)10-4-2-9(13)3-5-10/h2-8,15-16H,13H2,1H3. The van der Waals surface area contributed by atoms with E-state index in [0.29, 0.717) is 5.69 Å². The summed E-state index contributed by atoms with van der Waals surface area (Å²) in [5.74, 6) is -0.112. The smallest absolute Gasteiger partial charge is 0.157 e. The van der Waals surface area contributed by atoms with E-state index in [1.807, 2.05) is 24.0 Å². The third kappa shape index (κ3) is 1.69. The summed E-state index contributed by atoms with van der Waals surface area (Å²) in [6.45, 7) is 1.81. The van der Waals surface area contributed by atoms with E-state index in [9.17, 15) is 10.2 Å². The molecule has 16 heavy (non-hydrogen) atoms. The van der Waals surface area contributed by atoms with E-state index in [2.05, 4.69) is 0 Å². The number of aliphatic hydroxyl groups excluding tert-OH is 2. The van der Waals surface area contributed by atoms with Gasteiger partial charge >= 0.3 is 0 Å². The quantitative estimate of drug-likeness (QED) is 0.633. The number of nitrogens with two attached hydrogens (primary N) is 1. The van der Waals surface area contributed by atoms with E-state index in [0.717, 1.165) is 5.69 Å². The number of anilines is 2. The zero-order chi connectivity index (χ0) is 11.7. The minimum absolute atomic E-state index is 0.0284. The number of nitrogens with zero attached hydrogens (tertiary/aromatic N) is 1. The molecule has 1 unspecified atom stereocenters. The molecule has 0 radical (unpaired) electrons. The molecule has 4 nitrogen and oxygen atoms in total. The third-order valence-electron chi connectivity index (χ3n) is 2.66. The first-order valence-corrected chi connectivity index (χ1v) is 5.04. The lowest BCUT2D eigenvalue weighted by Crippen LogP contribution is -2.32. The van der Waals surface area contributed by atoms with Crippen LogP contribution in [0.25, 0.3) is 0 Å². The number of allylic oxidation sites excluding steroid dienone is 1. The van der Waals surface area contributed by atoms with Crippen LogP contribution in [0.15, 0.2) is 48.1 Å². The van der Waals surface area contributed by atoms with Gasteiger partial charge in [-0.05, 0) is 37.3 Å². The van der Waals surface area contributed by atoms with Crippen molar-refractivity contribution in [3.63, 3.8) is 0 Å². The maximum Gasteiger partial charge on any atom is 0.157 e. The normalized spacial score (nSPS) is 20.3. The first kappa shape index (κ1) is 10.4. The highest BCUT2D eigenvalue weighted by molar-refractivity contribution is 5.58. The molecule has 0 aromatic heterocycles. The third-order valence-corrected chi connectivity index (χ3v) is 2.66. The van der Waals surface area contributed by atoms with E-state index in [4.69, 9.17) is 5.73 Å². The van der Waals surface area contributed by atoms with Crippen molar-refractivity contribution in [3.05, 3.63) is 48.1 Å². The summed E-state index contributed by atoms with van der Waals surface area (Å²) in [4.78, 5) is 1.86. The lowest BCUT2D eigenvalue weighted by atomic mass is 10.1. The van der Waals surface area contributed by atoms with Crippen LogP contribution in [0, 0.1) is 0 Å². The predicted molar refractivity (Wildman–Crippen MR) is 64.2 cm³/mol. The number of hydrogen-bond donors (Lipinski definition) is 3. The first-order chi connectivity index (χ1) is 7.59. The summed E-state index contributed by atoms with van der Waals surface area (Å²) in [7, 11) is 0. The summed E-state index contributed by atoms with van der Waals surface area (Å²) in [6, 6.07) is 7.04. The maximum atomic E-state index is 9.64. The molecule has 1 aliphatic rings. The molecule has 1 aliphatic heterocycles. The van der Waals surface area contributed by atoms with Crippen LogP contribution in [0.4, 0.5) is 11.4 Å². The summed E-state index contributed by atoms with van der Waals surface area (Å²) in [5, 5.41) is 19.0. The van der Waals surface area contributed by atoms with Gasteiger partial charge in [0, 0.05) is 17.6 Å². The predicted octanol–water partition coefficient (Wildman–Crippen LogP) is 2.32. The highest BCUT2D eigenvalue weighted by Crippen LogP contribution is 2.25. The lowest BCUT2D eigenvalue weighted by Gasteiger charge is -2.30. The fraction of sp³-hybridized carbons (Fsp3) is 0.167. The second-order valence-electron chi connectivity index (χ2n) is 3.76. The van der Waals surface area contributed by atoms with Crippen molar-refractivity contribution in [1.29, 1.82) is 0 Å². The van der Waals surface area contributed by atoms with Gasteiger partial charge in [0.15, 0.2) is 11.5 Å². The summed E-state index contributed by atoms with van der Waals surface area (Å²) >= 11 is 0. The monoisotopic (exact) mass is 218 g/mol. The van der Waals surface area contributed by atoms with Gasteiger partial charge in [-0.25, -0.2) is 0 Å². The number of hydrogen-bond acceptors (Lipinski definition) is 4. The zero-order valence-corrected chi connectivity index (χ0v) is 8.96. The van der Waals surface area contributed by atoms with E-state index >= 15 is 0 Å². The Morgan fingerprint density at radius 1 is 1.19 bits per heavy atom. The Morgan fingerprint density at radius 2 is 1.81 bits per heavy atom. The van der Waals surface area contributed by atoms with Crippen molar-refractivity contribution < 1.29 is 10.2 Å². The molecule has 2 rings (SSSR count). The average molecular weight is 218 g/mol. The molecule has 0 aliphatic carbocycles. The fourth-order valence-corrected chi connectivity index (χ4v) is 1.67. The molecule has 0 saturated heterocycles. The molecule has 4 heteroatoms. The van der Waals surface area contributed by atoms with Crippen LogP contribution in [0.5, 0.6) is 0 Å². The zero-order valence-electron chi connectivity index (χ0n) is 8.96. The minimum Gasteiger partial charge on any atom is -0.506 e. The lowest BCUT2D eigenvalue weighted by molar-refractivity contribution is 0.307. The van der Waals surface area contributed by atoms with Crippen molar-refractivity contribution in [3.8, 4) is 0 Å². The molecule has 84 valence electrons. The van der Waals surface area contributed by atoms with Crippen LogP contribution in [-0.2, 0) is 0 Å². The van der Waals surface area contributed by atoms with Crippen LogP contribution in [-0.4, -0.2) is 16.3 Å². The van der Waals surface area contributed by atoms with Gasteiger partial charge in [-0.1, -0.05) is 0 Å². The molecule has 0 fully saturated rings. The summed E-state index contributed by atoms with van der Waals surface area (Å²) in [5.41, 5.74) is 7.21. The Kier molecular flexibility index (Phi) is 2.48. The SMILES string of the molecule is CC1C(O)=C(O)C=CN1c1ccc(N)cc1. The van der Waals surface area contributed by atoms with Crippen LogP contribution in [0.3, 0.4) is 0 Å². The largest absolute Gasteiger partial charge is 0.506 e. The van der Waals surface area contributed by atoms with Crippen LogP contribution in [0.1, 0.15) is 6.92 Å². The number of nitrogen functional groups attached to an aromatic ring is 1. The van der Waals surface area contributed by atoms with Crippen molar-refractivity contribution >= 4 is 11.4 Å². The van der Waals surface area contributed by atoms with Crippen LogP contribution < -0.4 is 10.6 Å². The average Bonchev–Trinajstić information content (AvgIpc) is 2.28. The van der Waals surface area contributed by atoms with Gasteiger partial charge in [0.25, 0.3) is 0 Å². The molecule has 4 N–H and O–H groups in total. The molecule has 1 aromatic carbocycles. The minimum atomic E-state index is -0.284. The second kappa shape index (κ2) is 3.81. The molecule has 1 heterocycles. The van der Waals surface area contributed by atoms with Gasteiger partial charge < -0.3 is 20.8 Å². The van der Waals surface area contributed by atoms with Gasteiger partial charge in [-0.15, -0.1) is 0 Å². The van der Waals surface area contributed by atoms with Gasteiger partial charge in [-0.2, -0.15) is 0 Å². The number of aliphatic hydroxyl groups is 2. The van der Waals surface area contributed by atoms with Crippen LogP contribution >= 0.6 is 0 Å². The fourth-order valence-electron chi connectivity index (χ4n) is 1.67. The van der Waals surface area contributed by atoms with E-state index in [1.54, 1.807) is 18.3 Å². The highest BCUT2D eigenvalue weighted by atomic mass is 16.3. The van der Waals surface area contributed by atoms with Crippen LogP contribution in [0.2, 0.25) is 0 Å². The van der Waals surface area contributed by atoms with Gasteiger partial charge in [0.2, 0.25) is 0 Å². The molecular weight excluding hydrogens is 204 g/mol. The number of rotatable bonds is 1. The molecule has 1 atom stereocenters. The highest BCUT2D eigenvalue weighted by Gasteiger charge is 2.22. The molecule has 0 saturated carbocycles. The molecule has 0 bridgehead atoms.